The number of nitrogens with zero attached hydrogens (tertiary/aromatic N) is 2. The smallest absolute Gasteiger partial charge is 0.0642 e. The molecular formula is C10H15N3O. The van der Waals surface area contributed by atoms with Crippen molar-refractivity contribution in [2.75, 3.05) is 31.2 Å². The average molecular weight is 193 g/mol. The van der Waals surface area contributed by atoms with Gasteiger partial charge >= 0.3 is 0 Å². The van der Waals surface area contributed by atoms with Crippen LogP contribution in [0.15, 0.2) is 18.5 Å². The minimum absolute atomic E-state index is 0.542. The fraction of sp³-hybridized carbons (Fsp3) is 0.500. The number of anilines is 1. The predicted molar refractivity (Wildman–Crippen MR) is 55.2 cm³/mol. The molecule has 0 aliphatic carbocycles. The molecule has 0 spiro atoms. The maximum atomic E-state index is 5.66. The van der Waals surface area contributed by atoms with Crippen LogP contribution < -0.4 is 10.6 Å². The number of hydrogen-bond acceptors (Lipinski definition) is 4. The van der Waals surface area contributed by atoms with Crippen molar-refractivity contribution in [2.45, 2.75) is 6.54 Å². The van der Waals surface area contributed by atoms with Crippen molar-refractivity contribution in [1.29, 1.82) is 0 Å². The quantitative estimate of drug-likeness (QED) is 0.737. The first-order valence-corrected chi connectivity index (χ1v) is 4.87. The Kier molecular flexibility index (Phi) is 2.96. The second-order valence-electron chi connectivity index (χ2n) is 3.31. The van der Waals surface area contributed by atoms with E-state index in [1.807, 2.05) is 18.5 Å². The molecule has 1 aliphatic rings. The first kappa shape index (κ1) is 9.43. The zero-order chi connectivity index (χ0) is 9.80. The molecule has 1 fully saturated rings. The van der Waals surface area contributed by atoms with Crippen LogP contribution >= 0.6 is 0 Å². The molecule has 2 heterocycles. The van der Waals surface area contributed by atoms with Crippen molar-refractivity contribution in [1.82, 2.24) is 4.98 Å². The Labute approximate surface area is 83.7 Å². The van der Waals surface area contributed by atoms with Crippen LogP contribution in [0.5, 0.6) is 0 Å². The van der Waals surface area contributed by atoms with Crippen LogP contribution in [0.3, 0.4) is 0 Å². The molecule has 0 amide bonds. The Morgan fingerprint density at radius 1 is 1.43 bits per heavy atom. The lowest BCUT2D eigenvalue weighted by atomic mass is 10.2. The van der Waals surface area contributed by atoms with E-state index in [1.165, 1.54) is 5.69 Å². The molecule has 1 aromatic heterocycles. The molecule has 1 aromatic rings. The van der Waals surface area contributed by atoms with Gasteiger partial charge in [0.1, 0.15) is 0 Å². The van der Waals surface area contributed by atoms with Gasteiger partial charge in [0.2, 0.25) is 0 Å². The molecule has 0 saturated carbocycles. The number of ether oxygens (including phenoxy) is 1. The molecule has 1 aliphatic heterocycles. The van der Waals surface area contributed by atoms with Crippen LogP contribution in [-0.2, 0) is 11.3 Å². The first-order valence-electron chi connectivity index (χ1n) is 4.87. The van der Waals surface area contributed by atoms with Crippen LogP contribution in [0, 0.1) is 0 Å². The number of nitrogens with two attached hydrogens (primary N) is 1. The van der Waals surface area contributed by atoms with E-state index in [-0.39, 0.29) is 0 Å². The second-order valence-corrected chi connectivity index (χ2v) is 3.31. The molecule has 4 nitrogen and oxygen atoms in total. The van der Waals surface area contributed by atoms with Gasteiger partial charge in [-0.25, -0.2) is 0 Å². The molecular weight excluding hydrogens is 178 g/mol. The first-order chi connectivity index (χ1) is 6.92. The zero-order valence-corrected chi connectivity index (χ0v) is 8.15. The van der Waals surface area contributed by atoms with Gasteiger partial charge in [-0.1, -0.05) is 0 Å². The number of rotatable bonds is 2. The molecule has 2 rings (SSSR count). The maximum absolute atomic E-state index is 5.66. The zero-order valence-electron chi connectivity index (χ0n) is 8.15. The van der Waals surface area contributed by atoms with E-state index in [0.717, 1.165) is 31.9 Å². The van der Waals surface area contributed by atoms with Gasteiger partial charge in [-0.2, -0.15) is 0 Å². The summed E-state index contributed by atoms with van der Waals surface area (Å²) in [4.78, 5) is 6.37. The van der Waals surface area contributed by atoms with Crippen LogP contribution in [0.4, 0.5) is 5.69 Å². The van der Waals surface area contributed by atoms with Crippen LogP contribution in [0.1, 0.15) is 5.56 Å². The summed E-state index contributed by atoms with van der Waals surface area (Å²) < 4.78 is 5.31. The van der Waals surface area contributed by atoms with Gasteiger partial charge in [-0.15, -0.1) is 0 Å². The largest absolute Gasteiger partial charge is 0.378 e. The van der Waals surface area contributed by atoms with E-state index in [2.05, 4.69) is 9.88 Å². The van der Waals surface area contributed by atoms with Gasteiger partial charge in [0, 0.05) is 43.3 Å². The lowest BCUT2D eigenvalue weighted by Gasteiger charge is -2.30. The molecule has 0 bridgehead atoms. The lowest BCUT2D eigenvalue weighted by molar-refractivity contribution is 0.122. The van der Waals surface area contributed by atoms with E-state index in [4.69, 9.17) is 10.5 Å². The third-order valence-electron chi connectivity index (χ3n) is 2.45. The Morgan fingerprint density at radius 2 is 2.21 bits per heavy atom. The monoisotopic (exact) mass is 193 g/mol. The summed E-state index contributed by atoms with van der Waals surface area (Å²) in [5.41, 5.74) is 7.97. The number of aromatic nitrogens is 1. The van der Waals surface area contributed by atoms with Crippen LogP contribution in [0.2, 0.25) is 0 Å². The van der Waals surface area contributed by atoms with E-state index in [0.29, 0.717) is 6.54 Å². The van der Waals surface area contributed by atoms with Crippen molar-refractivity contribution >= 4 is 5.69 Å². The SMILES string of the molecule is NCc1cnccc1N1CCOCC1. The van der Waals surface area contributed by atoms with Gasteiger partial charge in [0.25, 0.3) is 0 Å². The molecule has 1 saturated heterocycles. The summed E-state index contributed by atoms with van der Waals surface area (Å²) in [5.74, 6) is 0. The van der Waals surface area contributed by atoms with Crippen molar-refractivity contribution in [3.63, 3.8) is 0 Å². The van der Waals surface area contributed by atoms with E-state index in [9.17, 15) is 0 Å². The Hall–Kier alpha value is -1.13. The van der Waals surface area contributed by atoms with Crippen LogP contribution in [0.25, 0.3) is 0 Å². The van der Waals surface area contributed by atoms with Gasteiger partial charge in [-0.3, -0.25) is 4.98 Å². The van der Waals surface area contributed by atoms with Crippen molar-refractivity contribution in [3.05, 3.63) is 24.0 Å². The van der Waals surface area contributed by atoms with Gasteiger partial charge in [-0.05, 0) is 6.07 Å². The molecule has 0 radical (unpaired) electrons. The molecule has 0 unspecified atom stereocenters. The molecule has 76 valence electrons. The fourth-order valence-corrected chi connectivity index (χ4v) is 1.69. The lowest BCUT2D eigenvalue weighted by Crippen LogP contribution is -2.37. The minimum Gasteiger partial charge on any atom is -0.378 e. The third-order valence-corrected chi connectivity index (χ3v) is 2.45. The normalized spacial score (nSPS) is 17.1. The summed E-state index contributed by atoms with van der Waals surface area (Å²) in [6.07, 6.45) is 3.65. The highest BCUT2D eigenvalue weighted by molar-refractivity contribution is 5.52. The van der Waals surface area contributed by atoms with Gasteiger partial charge in [0.05, 0.1) is 13.2 Å². The number of pyridine rings is 1. The molecule has 2 N–H and O–H groups in total. The van der Waals surface area contributed by atoms with Gasteiger partial charge < -0.3 is 15.4 Å². The maximum Gasteiger partial charge on any atom is 0.0642 e. The van der Waals surface area contributed by atoms with Crippen LogP contribution in [-0.4, -0.2) is 31.3 Å². The van der Waals surface area contributed by atoms with Gasteiger partial charge in [0.15, 0.2) is 0 Å². The Bertz CT molecular complexity index is 297. The standard InChI is InChI=1S/C10H15N3O/c11-7-9-8-12-2-1-10(9)13-3-5-14-6-4-13/h1-2,8H,3-7,11H2. The highest BCUT2D eigenvalue weighted by Crippen LogP contribution is 2.19. The summed E-state index contributed by atoms with van der Waals surface area (Å²) >= 11 is 0. The topological polar surface area (TPSA) is 51.4 Å². The fourth-order valence-electron chi connectivity index (χ4n) is 1.69. The minimum atomic E-state index is 0.542. The second kappa shape index (κ2) is 4.39. The summed E-state index contributed by atoms with van der Waals surface area (Å²) in [7, 11) is 0. The predicted octanol–water partition coefficient (Wildman–Crippen LogP) is 0.377. The van der Waals surface area contributed by atoms with E-state index >= 15 is 0 Å². The highest BCUT2D eigenvalue weighted by atomic mass is 16.5. The van der Waals surface area contributed by atoms with Crippen molar-refractivity contribution in [3.8, 4) is 0 Å². The third kappa shape index (κ3) is 1.86. The summed E-state index contributed by atoms with van der Waals surface area (Å²) in [6, 6.07) is 2.02. The highest BCUT2D eigenvalue weighted by Gasteiger charge is 2.13. The Morgan fingerprint density at radius 3 is 2.93 bits per heavy atom. The van der Waals surface area contributed by atoms with Crippen molar-refractivity contribution in [2.24, 2.45) is 5.73 Å². The molecule has 4 heteroatoms. The molecule has 0 aromatic carbocycles. The van der Waals surface area contributed by atoms with E-state index in [1.54, 1.807) is 0 Å². The summed E-state index contributed by atoms with van der Waals surface area (Å²) in [5, 5.41) is 0. The molecule has 0 atom stereocenters. The Balaban J connectivity index is 2.20. The van der Waals surface area contributed by atoms with Crippen molar-refractivity contribution < 1.29 is 4.74 Å². The number of hydrogen-bond donors (Lipinski definition) is 1. The van der Waals surface area contributed by atoms with E-state index < -0.39 is 0 Å². The molecule has 14 heavy (non-hydrogen) atoms. The summed E-state index contributed by atoms with van der Waals surface area (Å²) in [6.45, 7) is 4.02. The average Bonchev–Trinajstić information content (AvgIpc) is 2.30. The number of morpholine rings is 1.